The second-order valence-corrected chi connectivity index (χ2v) is 8.05. The molecule has 2 aromatic rings. The van der Waals surface area contributed by atoms with Gasteiger partial charge in [-0.3, -0.25) is 10.2 Å². The molecule has 9 heteroatoms. The van der Waals surface area contributed by atoms with Gasteiger partial charge in [-0.15, -0.1) is 0 Å². The van der Waals surface area contributed by atoms with Gasteiger partial charge in [0.2, 0.25) is 5.90 Å². The van der Waals surface area contributed by atoms with E-state index in [1.165, 1.54) is 19.2 Å². The number of alkyl halides is 3. The lowest BCUT2D eigenvalue weighted by atomic mass is 9.74. The molecule has 1 aliphatic carbocycles. The van der Waals surface area contributed by atoms with Crippen LogP contribution in [0.3, 0.4) is 0 Å². The van der Waals surface area contributed by atoms with Crippen LogP contribution in [-0.2, 0) is 22.3 Å². The minimum absolute atomic E-state index is 0.0393. The van der Waals surface area contributed by atoms with Crippen LogP contribution >= 0.6 is 0 Å². The molecule has 0 saturated carbocycles. The Hall–Kier alpha value is -3.80. The minimum Gasteiger partial charge on any atom is -0.496 e. The number of nitrogens with zero attached hydrogens (tertiary/aromatic N) is 1. The van der Waals surface area contributed by atoms with Crippen LogP contribution in [0.5, 0.6) is 11.5 Å². The van der Waals surface area contributed by atoms with E-state index in [0.717, 1.165) is 12.1 Å². The van der Waals surface area contributed by atoms with Crippen molar-refractivity contribution in [2.75, 3.05) is 7.11 Å². The molecule has 6 nitrogen and oxygen atoms in total. The van der Waals surface area contributed by atoms with E-state index in [2.05, 4.69) is 6.07 Å². The van der Waals surface area contributed by atoms with Gasteiger partial charge in [-0.25, -0.2) is 0 Å². The molecular weight excluding hydrogens is 449 g/mol. The fourth-order valence-electron chi connectivity index (χ4n) is 4.32. The van der Waals surface area contributed by atoms with Gasteiger partial charge in [-0.05, 0) is 42.3 Å². The highest BCUT2D eigenvalue weighted by Crippen LogP contribution is 2.44. The Morgan fingerprint density at radius 3 is 2.71 bits per heavy atom. The highest BCUT2D eigenvalue weighted by atomic mass is 19.4. The van der Waals surface area contributed by atoms with Crippen molar-refractivity contribution in [2.24, 2.45) is 5.92 Å². The number of Topliss-reactive ketones (excluding diaryl/α,β-unsaturated/α-hetero) is 1. The number of hydrogen-bond acceptors (Lipinski definition) is 6. The average Bonchev–Trinajstić information content (AvgIpc) is 2.81. The zero-order valence-corrected chi connectivity index (χ0v) is 18.2. The summed E-state index contributed by atoms with van der Waals surface area (Å²) in [6.07, 6.45) is -3.02. The van der Waals surface area contributed by atoms with Crippen molar-refractivity contribution >= 4 is 11.7 Å². The van der Waals surface area contributed by atoms with E-state index in [-0.39, 0.29) is 24.0 Å². The van der Waals surface area contributed by atoms with Crippen LogP contribution in [0.1, 0.15) is 41.9 Å². The topological polar surface area (TPSA) is 92.4 Å². The number of benzene rings is 2. The molecule has 0 amide bonds. The van der Waals surface area contributed by atoms with Crippen LogP contribution in [0.2, 0.25) is 0 Å². The predicted molar refractivity (Wildman–Crippen MR) is 115 cm³/mol. The number of nitriles is 1. The fraction of sp³-hybridized carbons (Fsp3) is 0.320. The Bertz CT molecular complexity index is 1210. The van der Waals surface area contributed by atoms with Crippen molar-refractivity contribution in [3.8, 4) is 17.6 Å². The summed E-state index contributed by atoms with van der Waals surface area (Å²) < 4.78 is 55.6. The van der Waals surface area contributed by atoms with Gasteiger partial charge in [0, 0.05) is 29.9 Å². The maximum Gasteiger partial charge on any atom is 0.416 e. The SMILES string of the molecule is COc1ccc(C2C3=C(CCCC3=O)OC(=N)C2C#N)cc1COc1cccc(C(F)(F)F)c1. The molecular formula is C25H21F3N2O4. The maximum atomic E-state index is 13.0. The Kier molecular flexibility index (Phi) is 6.33. The zero-order valence-electron chi connectivity index (χ0n) is 18.2. The highest BCUT2D eigenvalue weighted by Gasteiger charge is 2.42. The van der Waals surface area contributed by atoms with Gasteiger partial charge in [0.05, 0.1) is 18.7 Å². The van der Waals surface area contributed by atoms with Crippen molar-refractivity contribution in [3.05, 3.63) is 70.5 Å². The van der Waals surface area contributed by atoms with Crippen LogP contribution in [0, 0.1) is 22.7 Å². The van der Waals surface area contributed by atoms with E-state index in [1.54, 1.807) is 18.2 Å². The molecule has 0 spiro atoms. The van der Waals surface area contributed by atoms with E-state index in [1.807, 2.05) is 0 Å². The van der Waals surface area contributed by atoms with Gasteiger partial charge >= 0.3 is 6.18 Å². The van der Waals surface area contributed by atoms with E-state index < -0.39 is 23.6 Å². The van der Waals surface area contributed by atoms with Gasteiger partial charge in [0.1, 0.15) is 29.8 Å². The normalized spacial score (nSPS) is 20.3. The predicted octanol–water partition coefficient (Wildman–Crippen LogP) is 5.53. The Labute approximate surface area is 194 Å². The first-order chi connectivity index (χ1) is 16.2. The summed E-state index contributed by atoms with van der Waals surface area (Å²) in [5.74, 6) is -1.09. The van der Waals surface area contributed by atoms with Crippen LogP contribution in [0.4, 0.5) is 13.2 Å². The summed E-state index contributed by atoms with van der Waals surface area (Å²) in [6.45, 7) is -0.101. The van der Waals surface area contributed by atoms with E-state index in [9.17, 15) is 23.2 Å². The molecule has 0 aromatic heterocycles. The van der Waals surface area contributed by atoms with E-state index in [4.69, 9.17) is 19.6 Å². The number of carbonyl (C=O) groups is 1. The maximum absolute atomic E-state index is 13.0. The van der Waals surface area contributed by atoms with Crippen LogP contribution in [0.25, 0.3) is 0 Å². The molecule has 2 atom stereocenters. The molecule has 4 rings (SSSR count). The summed E-state index contributed by atoms with van der Waals surface area (Å²) in [5.41, 5.74) is 0.714. The number of allylic oxidation sites excluding steroid dienone is 2. The van der Waals surface area contributed by atoms with Gasteiger partial charge in [0.25, 0.3) is 0 Å². The molecule has 2 unspecified atom stereocenters. The Morgan fingerprint density at radius 1 is 1.21 bits per heavy atom. The molecule has 2 aromatic carbocycles. The number of ketones is 1. The first-order valence-electron chi connectivity index (χ1n) is 10.6. The number of halogens is 3. The van der Waals surface area contributed by atoms with Crippen molar-refractivity contribution < 1.29 is 32.2 Å². The molecule has 1 heterocycles. The lowest BCUT2D eigenvalue weighted by Crippen LogP contribution is -2.34. The van der Waals surface area contributed by atoms with Crippen LogP contribution < -0.4 is 9.47 Å². The number of hydrogen-bond donors (Lipinski definition) is 1. The van der Waals surface area contributed by atoms with Crippen molar-refractivity contribution in [1.29, 1.82) is 10.7 Å². The third-order valence-corrected chi connectivity index (χ3v) is 5.93. The summed E-state index contributed by atoms with van der Waals surface area (Å²) in [6, 6.07) is 11.7. The minimum atomic E-state index is -4.49. The van der Waals surface area contributed by atoms with E-state index >= 15 is 0 Å². The Balaban J connectivity index is 1.69. The van der Waals surface area contributed by atoms with Crippen LogP contribution in [-0.4, -0.2) is 18.8 Å². The number of methoxy groups -OCH3 is 1. The number of ether oxygens (including phenoxy) is 3. The highest BCUT2D eigenvalue weighted by molar-refractivity contribution is 6.01. The first-order valence-corrected chi connectivity index (χ1v) is 10.6. The van der Waals surface area contributed by atoms with Gasteiger partial charge in [-0.2, -0.15) is 18.4 Å². The van der Waals surface area contributed by atoms with Crippen LogP contribution in [0.15, 0.2) is 53.8 Å². The number of rotatable bonds is 5. The molecule has 176 valence electrons. The summed E-state index contributed by atoms with van der Waals surface area (Å²) in [5, 5.41) is 17.9. The molecule has 2 aliphatic rings. The fourth-order valence-corrected chi connectivity index (χ4v) is 4.32. The summed E-state index contributed by atoms with van der Waals surface area (Å²) in [4.78, 5) is 12.8. The second-order valence-electron chi connectivity index (χ2n) is 8.05. The van der Waals surface area contributed by atoms with Gasteiger partial charge in [0.15, 0.2) is 5.78 Å². The third kappa shape index (κ3) is 4.49. The lowest BCUT2D eigenvalue weighted by Gasteiger charge is -2.34. The molecule has 0 bridgehead atoms. The molecule has 34 heavy (non-hydrogen) atoms. The van der Waals surface area contributed by atoms with E-state index in [0.29, 0.717) is 47.5 Å². The average molecular weight is 470 g/mol. The molecule has 0 radical (unpaired) electrons. The monoisotopic (exact) mass is 470 g/mol. The van der Waals surface area contributed by atoms with Gasteiger partial charge in [-0.1, -0.05) is 12.1 Å². The quantitative estimate of drug-likeness (QED) is 0.620. The molecule has 1 N–H and O–H groups in total. The molecule has 0 fully saturated rings. The molecule has 0 saturated heterocycles. The molecule has 1 aliphatic heterocycles. The van der Waals surface area contributed by atoms with Crippen molar-refractivity contribution in [1.82, 2.24) is 0 Å². The standard InChI is InChI=1S/C25H21F3N2O4/c1-32-20-9-8-14(10-15(20)13-33-17-5-2-4-16(11-17)25(26,27)28)22-18(12-29)24(30)34-21-7-3-6-19(31)23(21)22/h2,4-5,8-11,18,22,30H,3,6-7,13H2,1H3. The first kappa shape index (κ1) is 23.4. The largest absolute Gasteiger partial charge is 0.496 e. The van der Waals surface area contributed by atoms with Crippen molar-refractivity contribution in [2.45, 2.75) is 38.0 Å². The summed E-state index contributed by atoms with van der Waals surface area (Å²) >= 11 is 0. The smallest absolute Gasteiger partial charge is 0.416 e. The lowest BCUT2D eigenvalue weighted by molar-refractivity contribution is -0.137. The third-order valence-electron chi connectivity index (χ3n) is 5.93. The second kappa shape index (κ2) is 9.21. The number of nitrogens with one attached hydrogen (secondary N) is 1. The van der Waals surface area contributed by atoms with Gasteiger partial charge < -0.3 is 14.2 Å². The number of carbonyl (C=O) groups excluding carboxylic acids is 1. The van der Waals surface area contributed by atoms with Crippen molar-refractivity contribution in [3.63, 3.8) is 0 Å². The summed E-state index contributed by atoms with van der Waals surface area (Å²) in [7, 11) is 1.45. The zero-order chi connectivity index (χ0) is 24.5. The Morgan fingerprint density at radius 2 is 2.00 bits per heavy atom.